The number of pyridine rings is 1. The SMILES string of the molecule is CC1(C)Oc2cc(C#N)ccc2C(n2ccccc2=O)C1(C)O. The third-order valence-electron chi connectivity index (χ3n) is 4.68. The van der Waals surface area contributed by atoms with Crippen LogP contribution in [0.15, 0.2) is 47.4 Å². The van der Waals surface area contributed by atoms with Crippen LogP contribution >= 0.6 is 0 Å². The molecule has 0 aliphatic carbocycles. The average molecular weight is 310 g/mol. The number of ether oxygens (including phenoxy) is 1. The fraction of sp³-hybridized carbons (Fsp3) is 0.333. The smallest absolute Gasteiger partial charge is 0.251 e. The molecule has 1 aromatic carbocycles. The molecule has 0 spiro atoms. The van der Waals surface area contributed by atoms with Gasteiger partial charge < -0.3 is 14.4 Å². The van der Waals surface area contributed by atoms with E-state index in [0.717, 1.165) is 0 Å². The Morgan fingerprint density at radius 1 is 1.26 bits per heavy atom. The fourth-order valence-electron chi connectivity index (χ4n) is 3.00. The molecule has 1 aliphatic heterocycles. The molecule has 2 unspecified atom stereocenters. The largest absolute Gasteiger partial charge is 0.484 e. The predicted octanol–water partition coefficient (Wildman–Crippen LogP) is 2.23. The van der Waals surface area contributed by atoms with Gasteiger partial charge >= 0.3 is 0 Å². The molecule has 2 atom stereocenters. The Balaban J connectivity index is 2.31. The van der Waals surface area contributed by atoms with Crippen molar-refractivity contribution in [1.82, 2.24) is 4.57 Å². The van der Waals surface area contributed by atoms with Crippen molar-refractivity contribution in [3.63, 3.8) is 0 Å². The summed E-state index contributed by atoms with van der Waals surface area (Å²) >= 11 is 0. The summed E-state index contributed by atoms with van der Waals surface area (Å²) in [5.74, 6) is 0.515. The molecule has 23 heavy (non-hydrogen) atoms. The first-order valence-electron chi connectivity index (χ1n) is 7.40. The highest BCUT2D eigenvalue weighted by Crippen LogP contribution is 2.47. The second kappa shape index (κ2) is 4.97. The normalized spacial score (nSPS) is 25.1. The van der Waals surface area contributed by atoms with Crippen LogP contribution in [0.1, 0.15) is 37.9 Å². The van der Waals surface area contributed by atoms with Gasteiger partial charge in [0.25, 0.3) is 5.56 Å². The van der Waals surface area contributed by atoms with Crippen LogP contribution in [0.4, 0.5) is 0 Å². The summed E-state index contributed by atoms with van der Waals surface area (Å²) in [6.45, 7) is 5.21. The average Bonchev–Trinajstić information content (AvgIpc) is 2.49. The van der Waals surface area contributed by atoms with Crippen molar-refractivity contribution < 1.29 is 9.84 Å². The molecule has 5 heteroatoms. The number of nitrogens with zero attached hydrogens (tertiary/aromatic N) is 2. The molecule has 2 heterocycles. The van der Waals surface area contributed by atoms with Gasteiger partial charge in [-0.1, -0.05) is 12.1 Å². The zero-order valence-electron chi connectivity index (χ0n) is 13.3. The number of fused-ring (bicyclic) bond motifs is 1. The Bertz CT molecular complexity index is 859. The Morgan fingerprint density at radius 3 is 2.65 bits per heavy atom. The van der Waals surface area contributed by atoms with E-state index in [9.17, 15) is 9.90 Å². The van der Waals surface area contributed by atoms with Crippen molar-refractivity contribution in [3.05, 3.63) is 64.1 Å². The zero-order valence-corrected chi connectivity index (χ0v) is 13.3. The Labute approximate surface area is 134 Å². The zero-order chi connectivity index (χ0) is 16.8. The lowest BCUT2D eigenvalue weighted by Gasteiger charge is -2.49. The number of aromatic nitrogens is 1. The highest BCUT2D eigenvalue weighted by molar-refractivity contribution is 5.48. The Morgan fingerprint density at radius 2 is 2.00 bits per heavy atom. The van der Waals surface area contributed by atoms with Crippen LogP contribution in [0.2, 0.25) is 0 Å². The van der Waals surface area contributed by atoms with Gasteiger partial charge in [0.1, 0.15) is 17.0 Å². The van der Waals surface area contributed by atoms with Gasteiger partial charge in [-0.2, -0.15) is 5.26 Å². The standard InChI is InChI=1S/C18H18N2O3/c1-17(2)18(3,22)16(20-9-5-4-6-15(20)21)13-8-7-12(11-19)10-14(13)23-17/h4-10,16,22H,1-3H3. The number of aliphatic hydroxyl groups is 1. The van der Waals surface area contributed by atoms with Crippen LogP contribution < -0.4 is 10.3 Å². The summed E-state index contributed by atoms with van der Waals surface area (Å²) in [6, 6.07) is 11.4. The van der Waals surface area contributed by atoms with Crippen LogP contribution in [0.25, 0.3) is 0 Å². The second-order valence-electron chi connectivity index (χ2n) is 6.47. The van der Waals surface area contributed by atoms with E-state index in [4.69, 9.17) is 10.00 Å². The van der Waals surface area contributed by atoms with Crippen LogP contribution in [0, 0.1) is 11.3 Å². The fourth-order valence-corrected chi connectivity index (χ4v) is 3.00. The molecular formula is C18H18N2O3. The number of hydrogen-bond acceptors (Lipinski definition) is 4. The van der Waals surface area contributed by atoms with E-state index < -0.39 is 17.2 Å². The molecule has 0 amide bonds. The van der Waals surface area contributed by atoms with Crippen molar-refractivity contribution in [2.45, 2.75) is 38.0 Å². The third kappa shape index (κ3) is 2.23. The molecular weight excluding hydrogens is 292 g/mol. The van der Waals surface area contributed by atoms with E-state index in [0.29, 0.717) is 16.9 Å². The molecule has 0 saturated carbocycles. The minimum Gasteiger partial charge on any atom is -0.484 e. The molecule has 1 aliphatic rings. The molecule has 5 nitrogen and oxygen atoms in total. The van der Waals surface area contributed by atoms with Gasteiger partial charge in [0.2, 0.25) is 0 Å². The van der Waals surface area contributed by atoms with Gasteiger partial charge in [-0.25, -0.2) is 0 Å². The molecule has 1 aromatic heterocycles. The van der Waals surface area contributed by atoms with Gasteiger partial charge in [0.05, 0.1) is 17.7 Å². The molecule has 0 bridgehead atoms. The summed E-state index contributed by atoms with van der Waals surface area (Å²) < 4.78 is 7.46. The highest BCUT2D eigenvalue weighted by atomic mass is 16.5. The first-order chi connectivity index (χ1) is 10.8. The molecule has 0 saturated heterocycles. The van der Waals surface area contributed by atoms with Crippen LogP contribution in [0.3, 0.4) is 0 Å². The first-order valence-corrected chi connectivity index (χ1v) is 7.40. The van der Waals surface area contributed by atoms with E-state index in [1.54, 1.807) is 57.3 Å². The van der Waals surface area contributed by atoms with Gasteiger partial charge in [0.15, 0.2) is 0 Å². The molecule has 0 radical (unpaired) electrons. The van der Waals surface area contributed by atoms with Crippen molar-refractivity contribution in [2.24, 2.45) is 0 Å². The van der Waals surface area contributed by atoms with Crippen LogP contribution in [0.5, 0.6) is 5.75 Å². The summed E-state index contributed by atoms with van der Waals surface area (Å²) in [5.41, 5.74) is -1.31. The first kappa shape index (κ1) is 15.3. The predicted molar refractivity (Wildman–Crippen MR) is 85.3 cm³/mol. The summed E-state index contributed by atoms with van der Waals surface area (Å²) in [7, 11) is 0. The lowest BCUT2D eigenvalue weighted by Crippen LogP contribution is -2.60. The molecule has 3 rings (SSSR count). The van der Waals surface area contributed by atoms with Crippen LogP contribution in [-0.2, 0) is 0 Å². The van der Waals surface area contributed by atoms with Crippen LogP contribution in [-0.4, -0.2) is 20.9 Å². The number of benzene rings is 1. The quantitative estimate of drug-likeness (QED) is 0.876. The maximum absolute atomic E-state index is 12.3. The van der Waals surface area contributed by atoms with Gasteiger partial charge in [0, 0.05) is 17.8 Å². The second-order valence-corrected chi connectivity index (χ2v) is 6.47. The van der Waals surface area contributed by atoms with Crippen molar-refractivity contribution in [3.8, 4) is 11.8 Å². The summed E-state index contributed by atoms with van der Waals surface area (Å²) in [6.07, 6.45) is 1.66. The Kier molecular flexibility index (Phi) is 3.31. The number of hydrogen-bond donors (Lipinski definition) is 1. The maximum Gasteiger partial charge on any atom is 0.251 e. The minimum atomic E-state index is -1.32. The van der Waals surface area contributed by atoms with Crippen molar-refractivity contribution in [1.29, 1.82) is 5.26 Å². The van der Waals surface area contributed by atoms with E-state index >= 15 is 0 Å². The van der Waals surface area contributed by atoms with Crippen molar-refractivity contribution >= 4 is 0 Å². The topological polar surface area (TPSA) is 75.2 Å². The molecule has 1 N–H and O–H groups in total. The van der Waals surface area contributed by atoms with Gasteiger partial charge in [-0.05, 0) is 39.0 Å². The lowest BCUT2D eigenvalue weighted by molar-refractivity contribution is -0.139. The van der Waals surface area contributed by atoms with Gasteiger partial charge in [-0.3, -0.25) is 4.79 Å². The number of rotatable bonds is 1. The third-order valence-corrected chi connectivity index (χ3v) is 4.68. The highest BCUT2D eigenvalue weighted by Gasteiger charge is 2.53. The van der Waals surface area contributed by atoms with Gasteiger partial charge in [-0.15, -0.1) is 0 Å². The molecule has 2 aromatic rings. The van der Waals surface area contributed by atoms with E-state index in [2.05, 4.69) is 6.07 Å². The number of nitriles is 1. The maximum atomic E-state index is 12.3. The minimum absolute atomic E-state index is 0.203. The summed E-state index contributed by atoms with van der Waals surface area (Å²) in [5, 5.41) is 20.3. The van der Waals surface area contributed by atoms with E-state index in [1.807, 2.05) is 0 Å². The van der Waals surface area contributed by atoms with Crippen molar-refractivity contribution in [2.75, 3.05) is 0 Å². The van der Waals surface area contributed by atoms with E-state index in [1.165, 1.54) is 10.6 Å². The molecule has 0 fully saturated rings. The monoisotopic (exact) mass is 310 g/mol. The summed E-state index contributed by atoms with van der Waals surface area (Å²) in [4.78, 5) is 12.3. The van der Waals surface area contributed by atoms with E-state index in [-0.39, 0.29) is 5.56 Å². The molecule has 118 valence electrons. The lowest BCUT2D eigenvalue weighted by atomic mass is 9.75. The Hall–Kier alpha value is -2.58.